The molecular formula is C19H12Cl4O5S. The SMILES string of the molecule is O=S(=O)(O)C(c1ccc(O)cc1)(c1ccc(O)cc1)c1cc(Cl)c(Cl)c(Cl)c1Cl. The molecule has 0 amide bonds. The van der Waals surface area contributed by atoms with Crippen molar-refractivity contribution in [1.29, 1.82) is 0 Å². The smallest absolute Gasteiger partial charge is 0.283 e. The molecular weight excluding hydrogens is 482 g/mol. The van der Waals surface area contributed by atoms with Crippen molar-refractivity contribution in [3.05, 3.63) is 91.4 Å². The Balaban J connectivity index is 2.57. The van der Waals surface area contributed by atoms with Gasteiger partial charge in [-0.15, -0.1) is 0 Å². The molecule has 0 aliphatic rings. The summed E-state index contributed by atoms with van der Waals surface area (Å²) in [5, 5.41) is 18.7. The molecule has 3 rings (SSSR count). The molecule has 0 saturated carbocycles. The van der Waals surface area contributed by atoms with Crippen LogP contribution in [0.4, 0.5) is 0 Å². The van der Waals surface area contributed by atoms with E-state index in [-0.39, 0.29) is 48.3 Å². The van der Waals surface area contributed by atoms with E-state index in [9.17, 15) is 23.2 Å². The van der Waals surface area contributed by atoms with Crippen LogP contribution in [0.25, 0.3) is 0 Å². The van der Waals surface area contributed by atoms with Crippen molar-refractivity contribution in [2.75, 3.05) is 0 Å². The van der Waals surface area contributed by atoms with Crippen LogP contribution in [0.5, 0.6) is 11.5 Å². The van der Waals surface area contributed by atoms with E-state index in [1.165, 1.54) is 54.6 Å². The van der Waals surface area contributed by atoms with Crippen LogP contribution in [0.2, 0.25) is 20.1 Å². The Morgan fingerprint density at radius 1 is 0.690 bits per heavy atom. The maximum atomic E-state index is 12.9. The highest BCUT2D eigenvalue weighted by atomic mass is 35.5. The standard InChI is InChI=1S/C19H12Cl4O5S/c20-15-9-14(16(21)18(23)17(15)22)19(29(26,27)28,10-1-5-12(24)6-2-10)11-3-7-13(25)8-4-11/h1-9,24-25H,(H,26,27,28). The van der Waals surface area contributed by atoms with Crippen LogP contribution in [-0.2, 0) is 14.9 Å². The quantitative estimate of drug-likeness (QED) is 0.182. The Morgan fingerprint density at radius 3 is 1.48 bits per heavy atom. The molecule has 3 aromatic rings. The average Bonchev–Trinajstić information content (AvgIpc) is 2.66. The van der Waals surface area contributed by atoms with Crippen LogP contribution in [0, 0.1) is 0 Å². The third kappa shape index (κ3) is 3.65. The van der Waals surface area contributed by atoms with E-state index in [1.54, 1.807) is 0 Å². The number of phenolic OH excluding ortho intramolecular Hbond substituents is 2. The summed E-state index contributed by atoms with van der Waals surface area (Å²) in [7, 11) is -4.99. The molecule has 0 heterocycles. The van der Waals surface area contributed by atoms with Gasteiger partial charge in [-0.25, -0.2) is 0 Å². The van der Waals surface area contributed by atoms with E-state index in [4.69, 9.17) is 46.4 Å². The van der Waals surface area contributed by atoms with Crippen molar-refractivity contribution < 1.29 is 23.2 Å². The number of aromatic hydroxyl groups is 2. The van der Waals surface area contributed by atoms with E-state index >= 15 is 0 Å². The molecule has 0 aliphatic carbocycles. The van der Waals surface area contributed by atoms with Gasteiger partial charge in [-0.1, -0.05) is 70.7 Å². The second kappa shape index (κ2) is 7.87. The summed E-state index contributed by atoms with van der Waals surface area (Å²) in [5.74, 6) is -0.246. The second-order valence-corrected chi connectivity index (χ2v) is 9.20. The highest BCUT2D eigenvalue weighted by Crippen LogP contribution is 2.50. The number of hydrogen-bond acceptors (Lipinski definition) is 4. The third-order valence-corrected chi connectivity index (χ3v) is 7.63. The maximum absolute atomic E-state index is 12.9. The molecule has 10 heteroatoms. The average molecular weight is 494 g/mol. The van der Waals surface area contributed by atoms with Gasteiger partial charge >= 0.3 is 0 Å². The van der Waals surface area contributed by atoms with Gasteiger partial charge in [-0.2, -0.15) is 8.42 Å². The highest BCUT2D eigenvalue weighted by molar-refractivity contribution is 7.87. The van der Waals surface area contributed by atoms with E-state index in [2.05, 4.69) is 0 Å². The molecule has 0 bridgehead atoms. The Morgan fingerprint density at radius 2 is 1.10 bits per heavy atom. The lowest BCUT2D eigenvalue weighted by molar-refractivity contribution is 0.456. The largest absolute Gasteiger partial charge is 0.508 e. The molecule has 5 nitrogen and oxygen atoms in total. The minimum Gasteiger partial charge on any atom is -0.508 e. The minimum absolute atomic E-state index is 0.0415. The van der Waals surface area contributed by atoms with Crippen molar-refractivity contribution >= 4 is 56.5 Å². The fraction of sp³-hybridized carbons (Fsp3) is 0.0526. The van der Waals surface area contributed by atoms with Gasteiger partial charge in [0.1, 0.15) is 11.5 Å². The Hall–Kier alpha value is -1.67. The second-order valence-electron chi connectivity index (χ2n) is 6.10. The van der Waals surface area contributed by atoms with Crippen molar-refractivity contribution in [2.45, 2.75) is 4.75 Å². The Bertz CT molecular complexity index is 1130. The molecule has 0 unspecified atom stereocenters. The minimum atomic E-state index is -4.99. The molecule has 0 spiro atoms. The van der Waals surface area contributed by atoms with Crippen LogP contribution < -0.4 is 0 Å². The number of halogens is 4. The van der Waals surface area contributed by atoms with Gasteiger partial charge in [0.2, 0.25) is 0 Å². The maximum Gasteiger partial charge on any atom is 0.283 e. The summed E-state index contributed by atoms with van der Waals surface area (Å²) in [6.45, 7) is 0. The lowest BCUT2D eigenvalue weighted by Gasteiger charge is -2.33. The van der Waals surface area contributed by atoms with Crippen molar-refractivity contribution in [3.8, 4) is 11.5 Å². The molecule has 29 heavy (non-hydrogen) atoms. The topological polar surface area (TPSA) is 94.8 Å². The molecule has 0 saturated heterocycles. The van der Waals surface area contributed by atoms with Crippen LogP contribution >= 0.6 is 46.4 Å². The fourth-order valence-corrected chi connectivity index (χ4v) is 5.44. The van der Waals surface area contributed by atoms with Gasteiger partial charge in [0.15, 0.2) is 4.75 Å². The molecule has 0 aliphatic heterocycles. The van der Waals surface area contributed by atoms with E-state index in [0.29, 0.717) is 0 Å². The first-order valence-electron chi connectivity index (χ1n) is 7.89. The predicted octanol–water partition coefficient (Wildman–Crippen LogP) is 5.89. The van der Waals surface area contributed by atoms with Gasteiger partial charge in [0.25, 0.3) is 10.1 Å². The lowest BCUT2D eigenvalue weighted by Crippen LogP contribution is -2.38. The third-order valence-electron chi connectivity index (χ3n) is 4.42. The van der Waals surface area contributed by atoms with Gasteiger partial charge in [-0.3, -0.25) is 4.55 Å². The zero-order valence-electron chi connectivity index (χ0n) is 14.3. The van der Waals surface area contributed by atoms with Gasteiger partial charge < -0.3 is 10.2 Å². The summed E-state index contributed by atoms with van der Waals surface area (Å²) >= 11 is 24.7. The first-order valence-corrected chi connectivity index (χ1v) is 10.8. The normalized spacial score (nSPS) is 12.2. The monoisotopic (exact) mass is 492 g/mol. The zero-order chi connectivity index (χ0) is 21.6. The molecule has 0 fully saturated rings. The summed E-state index contributed by atoms with van der Waals surface area (Å²) < 4.78 is 34.1. The van der Waals surface area contributed by atoms with E-state index < -0.39 is 14.9 Å². The zero-order valence-corrected chi connectivity index (χ0v) is 18.1. The summed E-state index contributed by atoms with van der Waals surface area (Å²) in [4.78, 5) is 0. The van der Waals surface area contributed by atoms with Gasteiger partial charge in [0, 0.05) is 5.56 Å². The lowest BCUT2D eigenvalue weighted by atomic mass is 9.83. The highest BCUT2D eigenvalue weighted by Gasteiger charge is 2.50. The van der Waals surface area contributed by atoms with Gasteiger partial charge in [0.05, 0.1) is 20.1 Å². The predicted molar refractivity (Wildman–Crippen MR) is 114 cm³/mol. The van der Waals surface area contributed by atoms with Crippen molar-refractivity contribution in [1.82, 2.24) is 0 Å². The first kappa shape index (κ1) is 22.0. The van der Waals surface area contributed by atoms with E-state index in [1.807, 2.05) is 0 Å². The van der Waals surface area contributed by atoms with Crippen LogP contribution in [-0.4, -0.2) is 23.2 Å². The van der Waals surface area contributed by atoms with Crippen LogP contribution in [0.1, 0.15) is 16.7 Å². The Labute approximate surface area is 186 Å². The summed E-state index contributed by atoms with van der Waals surface area (Å²) in [6.07, 6.45) is 0. The molecule has 3 aromatic carbocycles. The van der Waals surface area contributed by atoms with Crippen LogP contribution in [0.3, 0.4) is 0 Å². The first-order chi connectivity index (χ1) is 13.5. The molecule has 152 valence electrons. The molecule has 0 atom stereocenters. The summed E-state index contributed by atoms with van der Waals surface area (Å²) in [6, 6.07) is 11.4. The fourth-order valence-electron chi connectivity index (χ4n) is 3.14. The molecule has 3 N–H and O–H groups in total. The number of benzene rings is 3. The van der Waals surface area contributed by atoms with Crippen molar-refractivity contribution in [3.63, 3.8) is 0 Å². The number of rotatable bonds is 4. The van der Waals surface area contributed by atoms with Crippen LogP contribution in [0.15, 0.2) is 54.6 Å². The summed E-state index contributed by atoms with van der Waals surface area (Å²) in [5.41, 5.74) is -0.0721. The molecule has 0 radical (unpaired) electrons. The van der Waals surface area contributed by atoms with Crippen molar-refractivity contribution in [2.24, 2.45) is 0 Å². The number of phenols is 2. The Kier molecular flexibility index (Phi) is 5.98. The molecule has 0 aromatic heterocycles. The number of hydrogen-bond donors (Lipinski definition) is 3. The van der Waals surface area contributed by atoms with E-state index in [0.717, 1.165) is 0 Å². The van der Waals surface area contributed by atoms with Gasteiger partial charge in [-0.05, 0) is 41.5 Å².